The van der Waals surface area contributed by atoms with E-state index in [2.05, 4.69) is 14.8 Å². The van der Waals surface area contributed by atoms with Gasteiger partial charge in [0.1, 0.15) is 11.6 Å². The minimum atomic E-state index is -2.88. The second kappa shape index (κ2) is 3.78. The van der Waals surface area contributed by atoms with E-state index in [1.54, 1.807) is 0 Å². The van der Waals surface area contributed by atoms with Gasteiger partial charge in [0.15, 0.2) is 9.84 Å². The van der Waals surface area contributed by atoms with Crippen LogP contribution in [0.25, 0.3) is 0 Å². The number of aromatic nitrogens is 3. The quantitative estimate of drug-likeness (QED) is 0.820. The maximum atomic E-state index is 11.5. The maximum absolute atomic E-state index is 11.5. The third-order valence-corrected chi connectivity index (χ3v) is 5.25. The average molecular weight is 256 g/mol. The normalized spacial score (nSPS) is 27.5. The molecule has 7 heteroatoms. The first-order valence-corrected chi connectivity index (χ1v) is 7.77. The van der Waals surface area contributed by atoms with Crippen LogP contribution in [0.3, 0.4) is 0 Å². The Bertz CT molecular complexity index is 533. The molecule has 2 heterocycles. The van der Waals surface area contributed by atoms with Gasteiger partial charge in [0.05, 0.1) is 18.1 Å². The zero-order valence-electron chi connectivity index (χ0n) is 9.54. The molecule has 0 aromatic carbocycles. The van der Waals surface area contributed by atoms with Crippen molar-refractivity contribution in [3.63, 3.8) is 0 Å². The van der Waals surface area contributed by atoms with Crippen LogP contribution in [-0.2, 0) is 16.4 Å². The van der Waals surface area contributed by atoms with E-state index in [1.807, 2.05) is 0 Å². The molecule has 6 nitrogen and oxygen atoms in total. The van der Waals surface area contributed by atoms with Gasteiger partial charge in [-0.05, 0) is 19.3 Å². The highest BCUT2D eigenvalue weighted by atomic mass is 32.2. The highest BCUT2D eigenvalue weighted by Crippen LogP contribution is 2.39. The van der Waals surface area contributed by atoms with Crippen LogP contribution in [0.5, 0.6) is 0 Å². The van der Waals surface area contributed by atoms with E-state index in [1.165, 1.54) is 0 Å². The molecule has 0 radical (unpaired) electrons. The summed E-state index contributed by atoms with van der Waals surface area (Å²) >= 11 is 0. The molecule has 0 amide bonds. The van der Waals surface area contributed by atoms with E-state index < -0.39 is 9.84 Å². The Labute approximate surface area is 100 Å². The molecule has 1 saturated carbocycles. The zero-order valence-corrected chi connectivity index (χ0v) is 10.4. The van der Waals surface area contributed by atoms with E-state index >= 15 is 0 Å². The highest BCUT2D eigenvalue weighted by molar-refractivity contribution is 7.91. The molecule has 1 atom stereocenters. The van der Waals surface area contributed by atoms with Crippen molar-refractivity contribution in [3.8, 4) is 0 Å². The van der Waals surface area contributed by atoms with Gasteiger partial charge in [-0.25, -0.2) is 8.42 Å². The minimum Gasteiger partial charge on any atom is -0.324 e. The van der Waals surface area contributed by atoms with Crippen molar-refractivity contribution < 1.29 is 8.42 Å². The number of nitrogens with two attached hydrogens (primary N) is 1. The smallest absolute Gasteiger partial charge is 0.151 e. The second-order valence-electron chi connectivity index (χ2n) is 4.88. The van der Waals surface area contributed by atoms with Crippen LogP contribution in [0.1, 0.15) is 42.9 Å². The summed E-state index contributed by atoms with van der Waals surface area (Å²) in [6.45, 7) is 0.364. The number of hydrogen-bond donors (Lipinski definition) is 1. The van der Waals surface area contributed by atoms with Gasteiger partial charge < -0.3 is 10.3 Å². The molecule has 0 spiro atoms. The van der Waals surface area contributed by atoms with Gasteiger partial charge in [0.2, 0.25) is 0 Å². The molecule has 0 bridgehead atoms. The Balaban J connectivity index is 1.95. The molecule has 1 aromatic rings. The molecule has 17 heavy (non-hydrogen) atoms. The van der Waals surface area contributed by atoms with Crippen molar-refractivity contribution in [2.75, 3.05) is 11.5 Å². The summed E-state index contributed by atoms with van der Waals surface area (Å²) in [7, 11) is -2.88. The molecule has 3 rings (SSSR count). The minimum absolute atomic E-state index is 0.00778. The highest BCUT2D eigenvalue weighted by Gasteiger charge is 2.36. The van der Waals surface area contributed by atoms with Crippen molar-refractivity contribution in [1.29, 1.82) is 0 Å². The first-order chi connectivity index (χ1) is 8.11. The zero-order chi connectivity index (χ0) is 12.0. The lowest BCUT2D eigenvalue weighted by molar-refractivity contribution is 0.590. The summed E-state index contributed by atoms with van der Waals surface area (Å²) < 4.78 is 25.1. The van der Waals surface area contributed by atoms with Crippen LogP contribution >= 0.6 is 0 Å². The summed E-state index contributed by atoms with van der Waals surface area (Å²) in [4.78, 5) is 0. The summed E-state index contributed by atoms with van der Waals surface area (Å²) in [6, 6.07) is 0.446. The van der Waals surface area contributed by atoms with Crippen molar-refractivity contribution in [3.05, 3.63) is 11.6 Å². The van der Waals surface area contributed by atoms with E-state index in [4.69, 9.17) is 5.73 Å². The largest absolute Gasteiger partial charge is 0.324 e. The standard InChI is InChI=1S/C10H16N4O2S/c11-5-9-12-13-10(14(9)8-1-2-8)7-3-4-17(15,16)6-7/h7-8H,1-6,11H2. The van der Waals surface area contributed by atoms with E-state index in [0.29, 0.717) is 19.0 Å². The van der Waals surface area contributed by atoms with Gasteiger partial charge in [-0.1, -0.05) is 0 Å². The fraction of sp³-hybridized carbons (Fsp3) is 0.800. The van der Waals surface area contributed by atoms with Gasteiger partial charge in [-0.15, -0.1) is 10.2 Å². The lowest BCUT2D eigenvalue weighted by atomic mass is 10.1. The number of hydrogen-bond acceptors (Lipinski definition) is 5. The molecule has 1 aromatic heterocycles. The summed E-state index contributed by atoms with van der Waals surface area (Å²) in [5.41, 5.74) is 5.64. The van der Waals surface area contributed by atoms with Crippen molar-refractivity contribution in [2.45, 2.75) is 37.8 Å². The first kappa shape index (κ1) is 11.2. The third kappa shape index (κ3) is 1.97. The predicted octanol–water partition coefficient (Wildman–Crippen LogP) is -0.0262. The van der Waals surface area contributed by atoms with Gasteiger partial charge in [0, 0.05) is 12.0 Å². The van der Waals surface area contributed by atoms with Crippen LogP contribution in [0, 0.1) is 0 Å². The van der Waals surface area contributed by atoms with Crippen LogP contribution < -0.4 is 5.73 Å². The summed E-state index contributed by atoms with van der Waals surface area (Å²) in [5.74, 6) is 2.10. The maximum Gasteiger partial charge on any atom is 0.151 e. The Morgan fingerprint density at radius 2 is 2.06 bits per heavy atom. The SMILES string of the molecule is NCc1nnc(C2CCS(=O)(=O)C2)n1C1CC1. The van der Waals surface area contributed by atoms with E-state index in [-0.39, 0.29) is 17.4 Å². The Morgan fingerprint density at radius 1 is 1.29 bits per heavy atom. The van der Waals surface area contributed by atoms with Gasteiger partial charge in [-0.2, -0.15) is 0 Å². The Kier molecular flexibility index (Phi) is 2.48. The molecular formula is C10H16N4O2S. The second-order valence-corrected chi connectivity index (χ2v) is 7.11. The van der Waals surface area contributed by atoms with Crippen molar-refractivity contribution >= 4 is 9.84 Å². The predicted molar refractivity (Wildman–Crippen MR) is 62.2 cm³/mol. The van der Waals surface area contributed by atoms with E-state index in [9.17, 15) is 8.42 Å². The fourth-order valence-corrected chi connectivity index (χ4v) is 4.22. The monoisotopic (exact) mass is 256 g/mol. The molecule has 2 aliphatic rings. The molecule has 2 fully saturated rings. The molecular weight excluding hydrogens is 240 g/mol. The van der Waals surface area contributed by atoms with E-state index in [0.717, 1.165) is 24.5 Å². The van der Waals surface area contributed by atoms with Crippen LogP contribution in [0.15, 0.2) is 0 Å². The Hall–Kier alpha value is -0.950. The average Bonchev–Trinajstić information content (AvgIpc) is 2.93. The van der Waals surface area contributed by atoms with Crippen LogP contribution in [0.2, 0.25) is 0 Å². The van der Waals surface area contributed by atoms with Gasteiger partial charge >= 0.3 is 0 Å². The van der Waals surface area contributed by atoms with Crippen LogP contribution in [-0.4, -0.2) is 34.7 Å². The third-order valence-electron chi connectivity index (χ3n) is 3.48. The van der Waals surface area contributed by atoms with Gasteiger partial charge in [0.25, 0.3) is 0 Å². The van der Waals surface area contributed by atoms with Gasteiger partial charge in [-0.3, -0.25) is 0 Å². The molecule has 1 unspecified atom stereocenters. The topological polar surface area (TPSA) is 90.9 Å². The Morgan fingerprint density at radius 3 is 2.59 bits per heavy atom. The molecule has 94 valence electrons. The first-order valence-electron chi connectivity index (χ1n) is 5.95. The van der Waals surface area contributed by atoms with Crippen molar-refractivity contribution in [1.82, 2.24) is 14.8 Å². The molecule has 1 aliphatic carbocycles. The van der Waals surface area contributed by atoms with Crippen molar-refractivity contribution in [2.24, 2.45) is 5.73 Å². The molecule has 1 saturated heterocycles. The number of sulfone groups is 1. The molecule has 2 N–H and O–H groups in total. The molecule has 1 aliphatic heterocycles. The van der Waals surface area contributed by atoms with Crippen LogP contribution in [0.4, 0.5) is 0 Å². The summed E-state index contributed by atoms with van der Waals surface area (Å²) in [5, 5.41) is 8.25. The number of nitrogens with zero attached hydrogens (tertiary/aromatic N) is 3. The summed E-state index contributed by atoms with van der Waals surface area (Å²) in [6.07, 6.45) is 2.91. The lowest BCUT2D eigenvalue weighted by Gasteiger charge is -2.11. The fourth-order valence-electron chi connectivity index (χ4n) is 2.48. The lowest BCUT2D eigenvalue weighted by Crippen LogP contribution is -2.13. The number of rotatable bonds is 3.